The summed E-state index contributed by atoms with van der Waals surface area (Å²) in [6, 6.07) is 10.5. The number of pyridine rings is 1. The zero-order valence-electron chi connectivity index (χ0n) is 9.02. The van der Waals surface area contributed by atoms with Crippen molar-refractivity contribution in [3.8, 4) is 0 Å². The summed E-state index contributed by atoms with van der Waals surface area (Å²) in [6.45, 7) is 2.00. The van der Waals surface area contributed by atoms with E-state index in [1.165, 1.54) is 12.3 Å². The fraction of sp³-hybridized carbons (Fsp3) is 0.154. The van der Waals surface area contributed by atoms with Gasteiger partial charge in [-0.25, -0.2) is 4.39 Å². The molecule has 16 heavy (non-hydrogen) atoms. The van der Waals surface area contributed by atoms with E-state index in [0.717, 1.165) is 11.1 Å². The number of rotatable bonds is 2. The summed E-state index contributed by atoms with van der Waals surface area (Å²) >= 11 is 0. The monoisotopic (exact) mass is 216 g/mol. The van der Waals surface area contributed by atoms with Crippen LogP contribution in [0.15, 0.2) is 42.6 Å². The lowest BCUT2D eigenvalue weighted by atomic mass is 9.99. The van der Waals surface area contributed by atoms with Gasteiger partial charge in [0, 0.05) is 0 Å². The molecule has 0 saturated carbocycles. The standard InChI is InChI=1S/C13H13FN2/c1-9-4-2-3-5-11(9)13(15)12-7-6-10(14)8-16-12/h2-8,13H,15H2,1H3. The van der Waals surface area contributed by atoms with Crippen LogP contribution in [0.1, 0.15) is 22.9 Å². The number of benzene rings is 1. The van der Waals surface area contributed by atoms with E-state index in [9.17, 15) is 4.39 Å². The van der Waals surface area contributed by atoms with Crippen molar-refractivity contribution in [1.29, 1.82) is 0 Å². The molecule has 0 aliphatic rings. The molecule has 1 atom stereocenters. The van der Waals surface area contributed by atoms with Gasteiger partial charge in [-0.2, -0.15) is 0 Å². The summed E-state index contributed by atoms with van der Waals surface area (Å²) in [7, 11) is 0. The first-order valence-corrected chi connectivity index (χ1v) is 5.11. The molecule has 0 aliphatic carbocycles. The Morgan fingerprint density at radius 2 is 1.94 bits per heavy atom. The molecule has 0 radical (unpaired) electrons. The predicted octanol–water partition coefficient (Wildman–Crippen LogP) is 2.58. The number of aryl methyl sites for hydroxylation is 1. The van der Waals surface area contributed by atoms with E-state index < -0.39 is 0 Å². The largest absolute Gasteiger partial charge is 0.319 e. The van der Waals surface area contributed by atoms with E-state index in [1.54, 1.807) is 6.07 Å². The second kappa shape index (κ2) is 4.41. The topological polar surface area (TPSA) is 38.9 Å². The van der Waals surface area contributed by atoms with Crippen molar-refractivity contribution in [3.05, 3.63) is 65.2 Å². The molecule has 0 aliphatic heterocycles. The molecule has 1 unspecified atom stereocenters. The van der Waals surface area contributed by atoms with E-state index in [0.29, 0.717) is 5.69 Å². The van der Waals surface area contributed by atoms with Crippen molar-refractivity contribution in [3.63, 3.8) is 0 Å². The number of aromatic nitrogens is 1. The smallest absolute Gasteiger partial charge is 0.141 e. The molecule has 1 aromatic carbocycles. The van der Waals surface area contributed by atoms with Gasteiger partial charge in [-0.1, -0.05) is 24.3 Å². The summed E-state index contributed by atoms with van der Waals surface area (Å²) < 4.78 is 12.7. The maximum Gasteiger partial charge on any atom is 0.141 e. The van der Waals surface area contributed by atoms with Crippen LogP contribution in [-0.2, 0) is 0 Å². The molecular weight excluding hydrogens is 203 g/mol. The van der Waals surface area contributed by atoms with Gasteiger partial charge in [0.2, 0.25) is 0 Å². The number of nitrogens with zero attached hydrogens (tertiary/aromatic N) is 1. The predicted molar refractivity (Wildman–Crippen MR) is 61.4 cm³/mol. The fourth-order valence-electron chi connectivity index (χ4n) is 1.67. The van der Waals surface area contributed by atoms with Crippen molar-refractivity contribution in [1.82, 2.24) is 4.98 Å². The fourth-order valence-corrected chi connectivity index (χ4v) is 1.67. The van der Waals surface area contributed by atoms with E-state index in [1.807, 2.05) is 31.2 Å². The number of hydrogen-bond donors (Lipinski definition) is 1. The molecule has 2 aromatic rings. The van der Waals surface area contributed by atoms with Crippen LogP contribution in [0.25, 0.3) is 0 Å². The number of halogens is 1. The van der Waals surface area contributed by atoms with Gasteiger partial charge in [0.05, 0.1) is 17.9 Å². The molecule has 0 amide bonds. The lowest BCUT2D eigenvalue weighted by molar-refractivity contribution is 0.617. The summed E-state index contributed by atoms with van der Waals surface area (Å²) in [4.78, 5) is 4.00. The molecule has 2 rings (SSSR count). The molecule has 0 bridgehead atoms. The van der Waals surface area contributed by atoms with Gasteiger partial charge in [-0.15, -0.1) is 0 Å². The molecule has 82 valence electrons. The van der Waals surface area contributed by atoms with E-state index in [-0.39, 0.29) is 11.9 Å². The van der Waals surface area contributed by atoms with Gasteiger partial charge in [-0.05, 0) is 30.2 Å². The van der Waals surface area contributed by atoms with Crippen molar-refractivity contribution in [2.75, 3.05) is 0 Å². The number of hydrogen-bond acceptors (Lipinski definition) is 2. The van der Waals surface area contributed by atoms with Crippen LogP contribution in [0.2, 0.25) is 0 Å². The first-order valence-electron chi connectivity index (χ1n) is 5.11. The molecule has 1 aromatic heterocycles. The van der Waals surface area contributed by atoms with Crippen molar-refractivity contribution >= 4 is 0 Å². The Balaban J connectivity index is 2.35. The van der Waals surface area contributed by atoms with Crippen LogP contribution in [0, 0.1) is 12.7 Å². The van der Waals surface area contributed by atoms with Crippen LogP contribution >= 0.6 is 0 Å². The highest BCUT2D eigenvalue weighted by Crippen LogP contribution is 2.20. The quantitative estimate of drug-likeness (QED) is 0.838. The van der Waals surface area contributed by atoms with Crippen molar-refractivity contribution in [2.24, 2.45) is 5.73 Å². The Hall–Kier alpha value is -1.74. The maximum atomic E-state index is 12.7. The van der Waals surface area contributed by atoms with Crippen molar-refractivity contribution in [2.45, 2.75) is 13.0 Å². The summed E-state index contributed by atoms with van der Waals surface area (Å²) in [5, 5.41) is 0. The lowest BCUT2D eigenvalue weighted by Crippen LogP contribution is -2.14. The third-order valence-electron chi connectivity index (χ3n) is 2.59. The van der Waals surface area contributed by atoms with Crippen molar-refractivity contribution < 1.29 is 4.39 Å². The SMILES string of the molecule is Cc1ccccc1C(N)c1ccc(F)cn1. The molecule has 2 N–H and O–H groups in total. The minimum Gasteiger partial charge on any atom is -0.319 e. The van der Waals surface area contributed by atoms with Crippen LogP contribution in [0.5, 0.6) is 0 Å². The molecule has 2 nitrogen and oxygen atoms in total. The van der Waals surface area contributed by atoms with Gasteiger partial charge >= 0.3 is 0 Å². The van der Waals surface area contributed by atoms with Gasteiger partial charge in [0.25, 0.3) is 0 Å². The normalized spacial score (nSPS) is 12.4. The van der Waals surface area contributed by atoms with Crippen LogP contribution in [0.4, 0.5) is 4.39 Å². The number of nitrogens with two attached hydrogens (primary N) is 1. The Morgan fingerprint density at radius 3 is 2.56 bits per heavy atom. The Labute approximate surface area is 93.9 Å². The highest BCUT2D eigenvalue weighted by atomic mass is 19.1. The molecule has 0 spiro atoms. The zero-order valence-corrected chi connectivity index (χ0v) is 9.02. The third-order valence-corrected chi connectivity index (χ3v) is 2.59. The van der Waals surface area contributed by atoms with Gasteiger partial charge in [0.1, 0.15) is 5.82 Å². The Morgan fingerprint density at radius 1 is 1.19 bits per heavy atom. The highest BCUT2D eigenvalue weighted by molar-refractivity contribution is 5.33. The summed E-state index contributed by atoms with van der Waals surface area (Å²) in [6.07, 6.45) is 1.19. The van der Waals surface area contributed by atoms with E-state index in [4.69, 9.17) is 5.73 Å². The average molecular weight is 216 g/mol. The molecule has 1 heterocycles. The average Bonchev–Trinajstić information content (AvgIpc) is 2.30. The van der Waals surface area contributed by atoms with Crippen LogP contribution < -0.4 is 5.73 Å². The minimum atomic E-state index is -0.347. The third kappa shape index (κ3) is 2.09. The molecule has 3 heteroatoms. The Bertz CT molecular complexity index is 480. The highest BCUT2D eigenvalue weighted by Gasteiger charge is 2.11. The summed E-state index contributed by atoms with van der Waals surface area (Å²) in [5.74, 6) is -0.347. The first-order chi connectivity index (χ1) is 7.68. The summed E-state index contributed by atoms with van der Waals surface area (Å²) in [5.41, 5.74) is 8.89. The molecule has 0 fully saturated rings. The van der Waals surface area contributed by atoms with Gasteiger partial charge < -0.3 is 5.73 Å². The molecular formula is C13H13FN2. The molecule has 0 saturated heterocycles. The van der Waals surface area contributed by atoms with Crippen LogP contribution in [0.3, 0.4) is 0 Å². The zero-order chi connectivity index (χ0) is 11.5. The van der Waals surface area contributed by atoms with E-state index >= 15 is 0 Å². The first kappa shape index (κ1) is 10.8. The second-order valence-corrected chi connectivity index (χ2v) is 3.74. The van der Waals surface area contributed by atoms with E-state index in [2.05, 4.69) is 4.98 Å². The minimum absolute atomic E-state index is 0.304. The van der Waals surface area contributed by atoms with Gasteiger partial charge in [0.15, 0.2) is 0 Å². The van der Waals surface area contributed by atoms with Crippen LogP contribution in [-0.4, -0.2) is 4.98 Å². The van der Waals surface area contributed by atoms with Gasteiger partial charge in [-0.3, -0.25) is 4.98 Å². The Kier molecular flexibility index (Phi) is 2.97. The maximum absolute atomic E-state index is 12.7. The second-order valence-electron chi connectivity index (χ2n) is 3.74. The lowest BCUT2D eigenvalue weighted by Gasteiger charge is -2.13.